The second-order valence-corrected chi connectivity index (χ2v) is 3.72. The minimum Gasteiger partial charge on any atom is -0.478 e. The van der Waals surface area contributed by atoms with Crippen LogP contribution >= 0.6 is 0 Å². The van der Waals surface area contributed by atoms with Gasteiger partial charge in [0.1, 0.15) is 11.7 Å². The lowest BCUT2D eigenvalue weighted by Crippen LogP contribution is -2.06. The number of aliphatic hydroxyl groups is 1. The van der Waals surface area contributed by atoms with E-state index in [0.717, 1.165) is 5.69 Å². The molecule has 0 aliphatic heterocycles. The average Bonchev–Trinajstić information content (AvgIpc) is 2.87. The van der Waals surface area contributed by atoms with Crippen molar-refractivity contribution in [3.63, 3.8) is 0 Å². The number of furan rings is 1. The standard InChI is InChI=1S/C11H12N2O4/c1-6-8(5-12-13(6)2)9(14)10-7(11(15)16)3-4-17-10/h3-5,9,14H,1-2H3,(H,15,16). The lowest BCUT2D eigenvalue weighted by Gasteiger charge is -2.08. The van der Waals surface area contributed by atoms with Crippen LogP contribution in [0.15, 0.2) is 22.9 Å². The molecule has 0 saturated heterocycles. The smallest absolute Gasteiger partial charge is 0.339 e. The molecule has 6 heteroatoms. The number of aromatic carboxylic acids is 1. The van der Waals surface area contributed by atoms with E-state index in [0.29, 0.717) is 5.56 Å². The van der Waals surface area contributed by atoms with Gasteiger partial charge < -0.3 is 14.6 Å². The molecule has 0 amide bonds. The summed E-state index contributed by atoms with van der Waals surface area (Å²) in [5, 5.41) is 23.0. The molecule has 2 heterocycles. The quantitative estimate of drug-likeness (QED) is 0.833. The third-order valence-electron chi connectivity index (χ3n) is 2.74. The van der Waals surface area contributed by atoms with Gasteiger partial charge in [-0.3, -0.25) is 4.68 Å². The molecule has 0 aliphatic rings. The fourth-order valence-corrected chi connectivity index (χ4v) is 1.63. The summed E-state index contributed by atoms with van der Waals surface area (Å²) in [6.45, 7) is 1.79. The van der Waals surface area contributed by atoms with E-state index in [9.17, 15) is 9.90 Å². The number of nitrogens with zero attached hydrogens (tertiary/aromatic N) is 2. The Morgan fingerprint density at radius 3 is 2.82 bits per heavy atom. The van der Waals surface area contributed by atoms with Crippen LogP contribution in [0.5, 0.6) is 0 Å². The molecule has 0 aromatic carbocycles. The summed E-state index contributed by atoms with van der Waals surface area (Å²) in [5.74, 6) is -1.11. The highest BCUT2D eigenvalue weighted by Crippen LogP contribution is 2.27. The molecule has 0 spiro atoms. The monoisotopic (exact) mass is 236 g/mol. The average molecular weight is 236 g/mol. The summed E-state index contributed by atoms with van der Waals surface area (Å²) in [4.78, 5) is 10.9. The number of carboxylic acids is 1. The van der Waals surface area contributed by atoms with Gasteiger partial charge in [-0.2, -0.15) is 5.10 Å². The fraction of sp³-hybridized carbons (Fsp3) is 0.273. The first-order valence-electron chi connectivity index (χ1n) is 4.99. The molecule has 2 aromatic heterocycles. The number of carboxylic acid groups (broad SMARTS) is 1. The van der Waals surface area contributed by atoms with E-state index in [1.807, 2.05) is 0 Å². The fourth-order valence-electron chi connectivity index (χ4n) is 1.63. The van der Waals surface area contributed by atoms with Gasteiger partial charge in [-0.1, -0.05) is 0 Å². The zero-order chi connectivity index (χ0) is 12.6. The van der Waals surface area contributed by atoms with Gasteiger partial charge in [-0.05, 0) is 13.0 Å². The maximum absolute atomic E-state index is 10.9. The van der Waals surface area contributed by atoms with Crippen molar-refractivity contribution in [3.8, 4) is 0 Å². The molecular weight excluding hydrogens is 224 g/mol. The topological polar surface area (TPSA) is 88.5 Å². The highest BCUT2D eigenvalue weighted by atomic mass is 16.4. The first kappa shape index (κ1) is 11.4. The summed E-state index contributed by atoms with van der Waals surface area (Å²) in [6, 6.07) is 1.31. The normalized spacial score (nSPS) is 12.6. The molecule has 0 saturated carbocycles. The molecule has 0 aliphatic carbocycles. The Balaban J connectivity index is 2.44. The van der Waals surface area contributed by atoms with Crippen molar-refractivity contribution in [3.05, 3.63) is 41.1 Å². The molecule has 1 atom stereocenters. The lowest BCUT2D eigenvalue weighted by molar-refractivity contribution is 0.0687. The Bertz CT molecular complexity index is 556. The summed E-state index contributed by atoms with van der Waals surface area (Å²) >= 11 is 0. The van der Waals surface area contributed by atoms with Gasteiger partial charge in [0.2, 0.25) is 0 Å². The predicted molar refractivity (Wildman–Crippen MR) is 57.7 cm³/mol. The Hall–Kier alpha value is -2.08. The summed E-state index contributed by atoms with van der Waals surface area (Å²) in [5.41, 5.74) is 1.25. The molecule has 2 aromatic rings. The molecule has 6 nitrogen and oxygen atoms in total. The van der Waals surface area contributed by atoms with Crippen molar-refractivity contribution in [2.45, 2.75) is 13.0 Å². The SMILES string of the molecule is Cc1c(C(O)c2occc2C(=O)O)cnn1C. The van der Waals surface area contributed by atoms with E-state index in [1.54, 1.807) is 18.7 Å². The van der Waals surface area contributed by atoms with Crippen LogP contribution in [0.25, 0.3) is 0 Å². The van der Waals surface area contributed by atoms with Gasteiger partial charge in [0.15, 0.2) is 5.76 Å². The Morgan fingerprint density at radius 2 is 2.29 bits per heavy atom. The molecule has 17 heavy (non-hydrogen) atoms. The highest BCUT2D eigenvalue weighted by Gasteiger charge is 2.24. The number of aliphatic hydroxyl groups excluding tert-OH is 1. The highest BCUT2D eigenvalue weighted by molar-refractivity contribution is 5.88. The van der Waals surface area contributed by atoms with Crippen LogP contribution in [0.1, 0.15) is 33.5 Å². The van der Waals surface area contributed by atoms with Crippen LogP contribution in [0.2, 0.25) is 0 Å². The van der Waals surface area contributed by atoms with Crippen molar-refractivity contribution < 1.29 is 19.4 Å². The molecule has 90 valence electrons. The summed E-state index contributed by atoms with van der Waals surface area (Å²) < 4.78 is 6.64. The number of rotatable bonds is 3. The number of aromatic nitrogens is 2. The molecule has 0 bridgehead atoms. The zero-order valence-corrected chi connectivity index (χ0v) is 9.41. The largest absolute Gasteiger partial charge is 0.478 e. The van der Waals surface area contributed by atoms with E-state index in [4.69, 9.17) is 9.52 Å². The van der Waals surface area contributed by atoms with Gasteiger partial charge in [0.25, 0.3) is 0 Å². The maximum atomic E-state index is 10.9. The molecule has 0 fully saturated rings. The van der Waals surface area contributed by atoms with Crippen LogP contribution < -0.4 is 0 Å². The minimum absolute atomic E-state index is 0.0219. The van der Waals surface area contributed by atoms with Crippen LogP contribution in [0.4, 0.5) is 0 Å². The molecule has 0 radical (unpaired) electrons. The second-order valence-electron chi connectivity index (χ2n) is 3.72. The summed E-state index contributed by atoms with van der Waals surface area (Å²) in [6.07, 6.45) is 1.62. The summed E-state index contributed by atoms with van der Waals surface area (Å²) in [7, 11) is 1.74. The number of aryl methyl sites for hydroxylation is 1. The first-order valence-corrected chi connectivity index (χ1v) is 4.99. The van der Waals surface area contributed by atoms with E-state index < -0.39 is 12.1 Å². The minimum atomic E-state index is -1.13. The lowest BCUT2D eigenvalue weighted by atomic mass is 10.1. The predicted octanol–water partition coefficient (Wildman–Crippen LogP) is 1.10. The Labute approximate surface area is 97.1 Å². The first-order chi connectivity index (χ1) is 8.02. The van der Waals surface area contributed by atoms with Crippen molar-refractivity contribution in [1.82, 2.24) is 9.78 Å². The van der Waals surface area contributed by atoms with Crippen LogP contribution in [0, 0.1) is 6.92 Å². The van der Waals surface area contributed by atoms with Crippen molar-refractivity contribution in [2.75, 3.05) is 0 Å². The van der Waals surface area contributed by atoms with Gasteiger partial charge in [-0.25, -0.2) is 4.79 Å². The Morgan fingerprint density at radius 1 is 1.59 bits per heavy atom. The molecule has 2 rings (SSSR count). The van der Waals surface area contributed by atoms with Crippen LogP contribution in [-0.4, -0.2) is 26.0 Å². The second kappa shape index (κ2) is 4.06. The molecular formula is C11H12N2O4. The van der Waals surface area contributed by atoms with Gasteiger partial charge in [-0.15, -0.1) is 0 Å². The van der Waals surface area contributed by atoms with E-state index in [2.05, 4.69) is 5.10 Å². The van der Waals surface area contributed by atoms with Gasteiger partial charge >= 0.3 is 5.97 Å². The van der Waals surface area contributed by atoms with Crippen molar-refractivity contribution in [2.24, 2.45) is 7.05 Å². The number of hydrogen-bond acceptors (Lipinski definition) is 4. The zero-order valence-electron chi connectivity index (χ0n) is 9.41. The van der Waals surface area contributed by atoms with Crippen molar-refractivity contribution >= 4 is 5.97 Å². The van der Waals surface area contributed by atoms with E-state index >= 15 is 0 Å². The molecule has 1 unspecified atom stereocenters. The van der Waals surface area contributed by atoms with Crippen LogP contribution in [-0.2, 0) is 7.05 Å². The number of hydrogen-bond donors (Lipinski definition) is 2. The van der Waals surface area contributed by atoms with Crippen LogP contribution in [0.3, 0.4) is 0 Å². The van der Waals surface area contributed by atoms with Gasteiger partial charge in [0.05, 0.1) is 12.5 Å². The van der Waals surface area contributed by atoms with Gasteiger partial charge in [0, 0.05) is 18.3 Å². The third kappa shape index (κ3) is 1.83. The van der Waals surface area contributed by atoms with Crippen molar-refractivity contribution in [1.29, 1.82) is 0 Å². The maximum Gasteiger partial charge on any atom is 0.339 e. The molecule has 2 N–H and O–H groups in total. The Kier molecular flexibility index (Phi) is 2.72. The van der Waals surface area contributed by atoms with E-state index in [1.165, 1.54) is 18.5 Å². The third-order valence-corrected chi connectivity index (χ3v) is 2.74. The number of carbonyl (C=O) groups is 1. The van der Waals surface area contributed by atoms with E-state index in [-0.39, 0.29) is 11.3 Å².